The van der Waals surface area contributed by atoms with Crippen LogP contribution in [0.3, 0.4) is 0 Å². The second kappa shape index (κ2) is 6.11. The molecule has 24 heavy (non-hydrogen) atoms. The first-order valence-electron chi connectivity index (χ1n) is 8.39. The van der Waals surface area contributed by atoms with Gasteiger partial charge >= 0.3 is 6.09 Å². The highest BCUT2D eigenvalue weighted by Crippen LogP contribution is 2.37. The SMILES string of the molecule is CC1CN(C(=O)OC(C)(C)C)CCC1c1cc(F)cc2ccoc12. The number of fused-ring (bicyclic) bond motifs is 1. The predicted molar refractivity (Wildman–Crippen MR) is 90.5 cm³/mol. The van der Waals surface area contributed by atoms with E-state index in [2.05, 4.69) is 6.92 Å². The van der Waals surface area contributed by atoms with Gasteiger partial charge in [0.1, 0.15) is 17.0 Å². The number of amides is 1. The summed E-state index contributed by atoms with van der Waals surface area (Å²) in [6.45, 7) is 8.87. The summed E-state index contributed by atoms with van der Waals surface area (Å²) in [6.07, 6.45) is 2.07. The monoisotopic (exact) mass is 333 g/mol. The predicted octanol–water partition coefficient (Wildman–Crippen LogP) is 4.93. The topological polar surface area (TPSA) is 42.7 Å². The maximum Gasteiger partial charge on any atom is 0.410 e. The van der Waals surface area contributed by atoms with E-state index in [0.717, 1.165) is 23.0 Å². The Morgan fingerprint density at radius 3 is 2.79 bits per heavy atom. The molecule has 1 saturated heterocycles. The number of benzene rings is 1. The van der Waals surface area contributed by atoms with Crippen LogP contribution in [0, 0.1) is 11.7 Å². The van der Waals surface area contributed by atoms with Gasteiger partial charge in [0.15, 0.2) is 0 Å². The molecule has 1 amide bonds. The highest BCUT2D eigenvalue weighted by molar-refractivity contribution is 5.81. The molecule has 3 rings (SSSR count). The molecule has 0 bridgehead atoms. The number of furan rings is 1. The summed E-state index contributed by atoms with van der Waals surface area (Å²) in [5, 5.41) is 0.784. The van der Waals surface area contributed by atoms with Crippen LogP contribution in [0.2, 0.25) is 0 Å². The molecule has 130 valence electrons. The smallest absolute Gasteiger partial charge is 0.410 e. The zero-order chi connectivity index (χ0) is 17.5. The zero-order valence-electron chi connectivity index (χ0n) is 14.6. The quantitative estimate of drug-likeness (QED) is 0.743. The molecule has 2 atom stereocenters. The third-order valence-corrected chi connectivity index (χ3v) is 4.50. The number of hydrogen-bond acceptors (Lipinski definition) is 3. The van der Waals surface area contributed by atoms with E-state index in [1.807, 2.05) is 20.8 Å². The second-order valence-corrected chi connectivity index (χ2v) is 7.63. The van der Waals surface area contributed by atoms with Crippen LogP contribution in [-0.4, -0.2) is 29.7 Å². The molecule has 0 aliphatic carbocycles. The largest absolute Gasteiger partial charge is 0.464 e. The summed E-state index contributed by atoms with van der Waals surface area (Å²) >= 11 is 0. The van der Waals surface area contributed by atoms with E-state index >= 15 is 0 Å². The standard InChI is InChI=1S/C19H24FNO3/c1-12-11-21(18(22)24-19(2,3)4)7-5-15(12)16-10-14(20)9-13-6-8-23-17(13)16/h6,8-10,12,15H,5,7,11H2,1-4H3. The summed E-state index contributed by atoms with van der Waals surface area (Å²) in [5.74, 6) is 0.107. The lowest BCUT2D eigenvalue weighted by molar-refractivity contribution is 0.0155. The van der Waals surface area contributed by atoms with Crippen molar-refractivity contribution < 1.29 is 18.3 Å². The van der Waals surface area contributed by atoms with Crippen LogP contribution in [0.15, 0.2) is 28.9 Å². The summed E-state index contributed by atoms with van der Waals surface area (Å²) in [6, 6.07) is 4.83. The van der Waals surface area contributed by atoms with Crippen molar-refractivity contribution in [2.75, 3.05) is 13.1 Å². The number of hydrogen-bond donors (Lipinski definition) is 0. The van der Waals surface area contributed by atoms with Gasteiger partial charge in [0.25, 0.3) is 0 Å². The summed E-state index contributed by atoms with van der Waals surface area (Å²) in [7, 11) is 0. The van der Waals surface area contributed by atoms with Crippen LogP contribution < -0.4 is 0 Å². The molecular weight excluding hydrogens is 309 g/mol. The highest BCUT2D eigenvalue weighted by atomic mass is 19.1. The van der Waals surface area contributed by atoms with E-state index in [1.54, 1.807) is 23.3 Å². The van der Waals surface area contributed by atoms with Crippen LogP contribution >= 0.6 is 0 Å². The number of ether oxygens (including phenoxy) is 1. The first kappa shape index (κ1) is 16.8. The third kappa shape index (κ3) is 3.40. The summed E-state index contributed by atoms with van der Waals surface area (Å²) in [4.78, 5) is 14.0. The lowest BCUT2D eigenvalue weighted by Crippen LogP contribution is -2.44. The van der Waals surface area contributed by atoms with Crippen LogP contribution in [0.1, 0.15) is 45.6 Å². The van der Waals surface area contributed by atoms with E-state index in [9.17, 15) is 9.18 Å². The maximum atomic E-state index is 13.9. The van der Waals surface area contributed by atoms with Gasteiger partial charge < -0.3 is 14.1 Å². The highest BCUT2D eigenvalue weighted by Gasteiger charge is 2.33. The number of carbonyl (C=O) groups is 1. The summed E-state index contributed by atoms with van der Waals surface area (Å²) < 4.78 is 24.9. The average Bonchev–Trinajstić information content (AvgIpc) is 2.92. The molecule has 1 aliphatic heterocycles. The molecule has 4 nitrogen and oxygen atoms in total. The van der Waals surface area contributed by atoms with Crippen molar-refractivity contribution in [1.82, 2.24) is 4.90 Å². The lowest BCUT2D eigenvalue weighted by Gasteiger charge is -2.37. The molecule has 1 aromatic heterocycles. The molecule has 2 heterocycles. The van der Waals surface area contributed by atoms with Crippen molar-refractivity contribution in [3.05, 3.63) is 35.8 Å². The van der Waals surface area contributed by atoms with Gasteiger partial charge in [-0.1, -0.05) is 6.92 Å². The lowest BCUT2D eigenvalue weighted by atomic mass is 9.81. The average molecular weight is 333 g/mol. The Morgan fingerprint density at radius 2 is 2.12 bits per heavy atom. The van der Waals surface area contributed by atoms with E-state index < -0.39 is 5.60 Å². The molecule has 0 saturated carbocycles. The fourth-order valence-corrected chi connectivity index (χ4v) is 3.45. The summed E-state index contributed by atoms with van der Waals surface area (Å²) in [5.41, 5.74) is 1.14. The van der Waals surface area contributed by atoms with Crippen molar-refractivity contribution in [3.8, 4) is 0 Å². The van der Waals surface area contributed by atoms with Gasteiger partial charge in [-0.15, -0.1) is 0 Å². The van der Waals surface area contributed by atoms with Crippen molar-refractivity contribution in [2.45, 2.75) is 45.6 Å². The first-order chi connectivity index (χ1) is 11.2. The normalized spacial score (nSPS) is 22.0. The van der Waals surface area contributed by atoms with Crippen molar-refractivity contribution >= 4 is 17.1 Å². The van der Waals surface area contributed by atoms with E-state index in [-0.39, 0.29) is 23.7 Å². The molecule has 1 fully saturated rings. The number of likely N-dealkylation sites (tertiary alicyclic amines) is 1. The Kier molecular flexibility index (Phi) is 4.28. The van der Waals surface area contributed by atoms with Crippen LogP contribution in [0.5, 0.6) is 0 Å². The molecule has 2 aromatic rings. The van der Waals surface area contributed by atoms with Crippen molar-refractivity contribution in [1.29, 1.82) is 0 Å². The van der Waals surface area contributed by atoms with Crippen molar-refractivity contribution in [3.63, 3.8) is 0 Å². The number of piperidine rings is 1. The fourth-order valence-electron chi connectivity index (χ4n) is 3.45. The van der Waals surface area contributed by atoms with Gasteiger partial charge in [0.05, 0.1) is 6.26 Å². The number of halogens is 1. The van der Waals surface area contributed by atoms with E-state index in [1.165, 1.54) is 6.07 Å². The second-order valence-electron chi connectivity index (χ2n) is 7.63. The number of carbonyl (C=O) groups excluding carboxylic acids is 1. The van der Waals surface area contributed by atoms with Gasteiger partial charge in [-0.05, 0) is 57.2 Å². The zero-order valence-corrected chi connectivity index (χ0v) is 14.6. The number of nitrogens with zero attached hydrogens (tertiary/aromatic N) is 1. The van der Waals surface area contributed by atoms with E-state index in [0.29, 0.717) is 13.1 Å². The molecule has 0 N–H and O–H groups in total. The molecule has 2 unspecified atom stereocenters. The third-order valence-electron chi connectivity index (χ3n) is 4.50. The minimum Gasteiger partial charge on any atom is -0.464 e. The maximum absolute atomic E-state index is 13.9. The van der Waals surface area contributed by atoms with Gasteiger partial charge in [-0.3, -0.25) is 0 Å². The van der Waals surface area contributed by atoms with Gasteiger partial charge in [0.2, 0.25) is 0 Å². The van der Waals surface area contributed by atoms with Crippen molar-refractivity contribution in [2.24, 2.45) is 5.92 Å². The minimum atomic E-state index is -0.500. The van der Waals surface area contributed by atoms with Crippen LogP contribution in [-0.2, 0) is 4.74 Å². The Labute approximate surface area is 141 Å². The molecular formula is C19H24FNO3. The first-order valence-corrected chi connectivity index (χ1v) is 8.39. The fraction of sp³-hybridized carbons (Fsp3) is 0.526. The Bertz CT molecular complexity index is 747. The van der Waals surface area contributed by atoms with Crippen LogP contribution in [0.4, 0.5) is 9.18 Å². The molecule has 1 aliphatic rings. The van der Waals surface area contributed by atoms with Gasteiger partial charge in [0, 0.05) is 24.0 Å². The Balaban J connectivity index is 1.78. The Hall–Kier alpha value is -2.04. The van der Waals surface area contributed by atoms with E-state index in [4.69, 9.17) is 9.15 Å². The molecule has 0 radical (unpaired) electrons. The molecule has 5 heteroatoms. The molecule has 1 aromatic carbocycles. The van der Waals surface area contributed by atoms with Crippen LogP contribution in [0.25, 0.3) is 11.0 Å². The molecule has 0 spiro atoms. The van der Waals surface area contributed by atoms with Gasteiger partial charge in [-0.25, -0.2) is 9.18 Å². The minimum absolute atomic E-state index is 0.160. The number of rotatable bonds is 1. The Morgan fingerprint density at radius 1 is 1.38 bits per heavy atom. The van der Waals surface area contributed by atoms with Gasteiger partial charge in [-0.2, -0.15) is 0 Å².